The Balaban J connectivity index is 2.55. The quantitative estimate of drug-likeness (QED) is 0.931. The van der Waals surface area contributed by atoms with E-state index in [-0.39, 0.29) is 5.41 Å². The van der Waals surface area contributed by atoms with Crippen molar-refractivity contribution in [2.24, 2.45) is 0 Å². The highest BCUT2D eigenvalue weighted by atomic mass is 16.5. The Labute approximate surface area is 119 Å². The van der Waals surface area contributed by atoms with Gasteiger partial charge in [0.1, 0.15) is 17.4 Å². The Morgan fingerprint density at radius 3 is 2.45 bits per heavy atom. The van der Waals surface area contributed by atoms with Crippen LogP contribution >= 0.6 is 0 Å². The number of aromatic nitrogens is 3. The summed E-state index contributed by atoms with van der Waals surface area (Å²) < 4.78 is 5.21. The maximum absolute atomic E-state index is 5.21. The molecule has 106 valence electrons. The monoisotopic (exact) mass is 272 g/mol. The highest BCUT2D eigenvalue weighted by Gasteiger charge is 2.19. The number of nitrogens with one attached hydrogen (secondary N) is 1. The van der Waals surface area contributed by atoms with Crippen LogP contribution in [-0.2, 0) is 5.41 Å². The highest BCUT2D eigenvalue weighted by Crippen LogP contribution is 2.26. The van der Waals surface area contributed by atoms with E-state index in [9.17, 15) is 0 Å². The number of hydrogen-bond donors (Lipinski definition) is 1. The van der Waals surface area contributed by atoms with Gasteiger partial charge in [0, 0.05) is 30.3 Å². The molecular weight excluding hydrogens is 252 g/mol. The molecule has 2 aromatic rings. The number of hydrogen-bond acceptors (Lipinski definition) is 5. The molecule has 2 rings (SSSR count). The van der Waals surface area contributed by atoms with Crippen molar-refractivity contribution in [1.82, 2.24) is 15.0 Å². The van der Waals surface area contributed by atoms with E-state index < -0.39 is 0 Å². The predicted octanol–water partition coefficient (Wildman–Crippen LogP) is 2.89. The molecule has 0 radical (unpaired) electrons. The molecule has 0 amide bonds. The Morgan fingerprint density at radius 2 is 1.85 bits per heavy atom. The summed E-state index contributed by atoms with van der Waals surface area (Å²) in [5.41, 5.74) is 1.63. The van der Waals surface area contributed by atoms with Gasteiger partial charge in [0.05, 0.1) is 19.0 Å². The van der Waals surface area contributed by atoms with Crippen molar-refractivity contribution in [3.05, 3.63) is 30.4 Å². The fourth-order valence-electron chi connectivity index (χ4n) is 1.73. The topological polar surface area (TPSA) is 59.9 Å². The standard InChI is InChI=1S/C15H20N4O/c1-15(2,3)14-18-12(7-13(16-4)19-14)10-6-11(20-5)9-17-8-10/h6-9H,1-5H3,(H,16,18,19). The second kappa shape index (κ2) is 5.45. The Bertz CT molecular complexity index is 605. The zero-order valence-electron chi connectivity index (χ0n) is 12.6. The fraction of sp³-hybridized carbons (Fsp3) is 0.400. The third-order valence-corrected chi connectivity index (χ3v) is 2.90. The van der Waals surface area contributed by atoms with Gasteiger partial charge in [-0.05, 0) is 6.07 Å². The van der Waals surface area contributed by atoms with Crippen LogP contribution in [0.3, 0.4) is 0 Å². The van der Waals surface area contributed by atoms with Crippen molar-refractivity contribution in [2.75, 3.05) is 19.5 Å². The summed E-state index contributed by atoms with van der Waals surface area (Å²) in [6.07, 6.45) is 3.45. The van der Waals surface area contributed by atoms with Crippen molar-refractivity contribution in [1.29, 1.82) is 0 Å². The molecule has 0 spiro atoms. The Hall–Kier alpha value is -2.17. The minimum atomic E-state index is -0.117. The second-order valence-corrected chi connectivity index (χ2v) is 5.58. The molecule has 0 atom stereocenters. The van der Waals surface area contributed by atoms with Gasteiger partial charge in [0.15, 0.2) is 0 Å². The van der Waals surface area contributed by atoms with E-state index in [2.05, 4.69) is 41.0 Å². The van der Waals surface area contributed by atoms with Gasteiger partial charge in [-0.3, -0.25) is 4.98 Å². The van der Waals surface area contributed by atoms with Crippen LogP contribution < -0.4 is 10.1 Å². The van der Waals surface area contributed by atoms with Crippen molar-refractivity contribution in [3.63, 3.8) is 0 Å². The fourth-order valence-corrected chi connectivity index (χ4v) is 1.73. The maximum atomic E-state index is 5.21. The van der Waals surface area contributed by atoms with Crippen molar-refractivity contribution >= 4 is 5.82 Å². The molecule has 0 aliphatic heterocycles. The summed E-state index contributed by atoms with van der Waals surface area (Å²) in [6, 6.07) is 3.83. The van der Waals surface area contributed by atoms with Crippen LogP contribution in [0.15, 0.2) is 24.5 Å². The molecule has 2 heterocycles. The van der Waals surface area contributed by atoms with Crippen LogP contribution in [0.1, 0.15) is 26.6 Å². The lowest BCUT2D eigenvalue weighted by Crippen LogP contribution is -2.17. The summed E-state index contributed by atoms with van der Waals surface area (Å²) in [4.78, 5) is 13.3. The van der Waals surface area contributed by atoms with Crippen LogP contribution in [0.25, 0.3) is 11.3 Å². The molecule has 1 N–H and O–H groups in total. The summed E-state index contributed by atoms with van der Waals surface area (Å²) >= 11 is 0. The van der Waals surface area contributed by atoms with Crippen LogP contribution in [0.4, 0.5) is 5.82 Å². The first kappa shape index (κ1) is 14.2. The molecule has 0 saturated carbocycles. The molecule has 0 unspecified atom stereocenters. The maximum Gasteiger partial charge on any atom is 0.137 e. The average molecular weight is 272 g/mol. The zero-order valence-corrected chi connectivity index (χ0v) is 12.6. The lowest BCUT2D eigenvalue weighted by atomic mass is 9.95. The molecule has 0 fully saturated rings. The lowest BCUT2D eigenvalue weighted by Gasteiger charge is -2.18. The van der Waals surface area contributed by atoms with Gasteiger partial charge >= 0.3 is 0 Å². The van der Waals surface area contributed by atoms with Crippen molar-refractivity contribution < 1.29 is 4.74 Å². The largest absolute Gasteiger partial charge is 0.495 e. The van der Waals surface area contributed by atoms with Gasteiger partial charge in [0.25, 0.3) is 0 Å². The van der Waals surface area contributed by atoms with Crippen LogP contribution in [-0.4, -0.2) is 29.1 Å². The molecule has 0 aliphatic rings. The number of nitrogens with zero attached hydrogens (tertiary/aromatic N) is 3. The van der Waals surface area contributed by atoms with Gasteiger partial charge in [-0.1, -0.05) is 20.8 Å². The molecule has 5 heteroatoms. The number of methoxy groups -OCH3 is 1. The van der Waals surface area contributed by atoms with Crippen LogP contribution in [0, 0.1) is 0 Å². The first-order valence-electron chi connectivity index (χ1n) is 6.51. The number of pyridine rings is 1. The number of ether oxygens (including phenoxy) is 1. The molecule has 0 aromatic carbocycles. The molecule has 5 nitrogen and oxygen atoms in total. The Kier molecular flexibility index (Phi) is 3.88. The second-order valence-electron chi connectivity index (χ2n) is 5.58. The zero-order chi connectivity index (χ0) is 14.8. The third-order valence-electron chi connectivity index (χ3n) is 2.90. The summed E-state index contributed by atoms with van der Waals surface area (Å²) in [6.45, 7) is 6.28. The van der Waals surface area contributed by atoms with Crippen LogP contribution in [0.2, 0.25) is 0 Å². The molecule has 20 heavy (non-hydrogen) atoms. The van der Waals surface area contributed by atoms with Crippen molar-refractivity contribution in [3.8, 4) is 17.0 Å². The van der Waals surface area contributed by atoms with E-state index in [4.69, 9.17) is 4.74 Å². The smallest absolute Gasteiger partial charge is 0.137 e. The van der Waals surface area contributed by atoms with Gasteiger partial charge in [-0.15, -0.1) is 0 Å². The van der Waals surface area contributed by atoms with Gasteiger partial charge in [-0.25, -0.2) is 9.97 Å². The summed E-state index contributed by atoms with van der Waals surface area (Å²) in [5.74, 6) is 2.30. The minimum absolute atomic E-state index is 0.117. The predicted molar refractivity (Wildman–Crippen MR) is 80.1 cm³/mol. The van der Waals surface area contributed by atoms with Crippen molar-refractivity contribution in [2.45, 2.75) is 26.2 Å². The first-order valence-corrected chi connectivity index (χ1v) is 6.51. The molecule has 0 aliphatic carbocycles. The first-order chi connectivity index (χ1) is 9.44. The molecule has 0 bridgehead atoms. The number of anilines is 1. The molecular formula is C15H20N4O. The van der Waals surface area contributed by atoms with E-state index >= 15 is 0 Å². The third kappa shape index (κ3) is 3.04. The molecule has 0 saturated heterocycles. The average Bonchev–Trinajstić information content (AvgIpc) is 2.46. The SMILES string of the molecule is CNc1cc(-c2cncc(OC)c2)nc(C(C)(C)C)n1. The summed E-state index contributed by atoms with van der Waals surface area (Å²) in [5, 5.41) is 3.08. The van der Waals surface area contributed by atoms with Crippen LogP contribution in [0.5, 0.6) is 5.75 Å². The van der Waals surface area contributed by atoms with Gasteiger partial charge in [0.2, 0.25) is 0 Å². The van der Waals surface area contributed by atoms with E-state index in [1.165, 1.54) is 0 Å². The van der Waals surface area contributed by atoms with Gasteiger partial charge < -0.3 is 10.1 Å². The normalized spacial score (nSPS) is 11.2. The molecule has 2 aromatic heterocycles. The van der Waals surface area contributed by atoms with E-state index in [0.717, 1.165) is 22.9 Å². The van der Waals surface area contributed by atoms with E-state index in [0.29, 0.717) is 5.75 Å². The highest BCUT2D eigenvalue weighted by molar-refractivity contribution is 5.63. The van der Waals surface area contributed by atoms with E-state index in [1.807, 2.05) is 19.2 Å². The van der Waals surface area contributed by atoms with Gasteiger partial charge in [-0.2, -0.15) is 0 Å². The number of rotatable bonds is 3. The van der Waals surface area contributed by atoms with E-state index in [1.54, 1.807) is 19.5 Å². The Morgan fingerprint density at radius 1 is 1.10 bits per heavy atom. The summed E-state index contributed by atoms with van der Waals surface area (Å²) in [7, 11) is 3.47. The minimum Gasteiger partial charge on any atom is -0.495 e. The lowest BCUT2D eigenvalue weighted by molar-refractivity contribution is 0.413.